The molecule has 146 valence electrons. The molecule has 0 unspecified atom stereocenters. The number of hydrogen-bond acceptors (Lipinski definition) is 5. The molecule has 0 N–H and O–H groups in total. The van der Waals surface area contributed by atoms with E-state index in [-0.39, 0.29) is 5.91 Å². The Hall–Kier alpha value is -2.60. The Labute approximate surface area is 169 Å². The highest BCUT2D eigenvalue weighted by Crippen LogP contribution is 2.30. The lowest BCUT2D eigenvalue weighted by Gasteiger charge is -2.36. The second-order valence-corrected chi connectivity index (χ2v) is 7.91. The van der Waals surface area contributed by atoms with Gasteiger partial charge >= 0.3 is 0 Å². The molecule has 0 saturated carbocycles. The monoisotopic (exact) mass is 398 g/mol. The molecule has 1 aromatic carbocycles. The first-order chi connectivity index (χ1) is 13.5. The molecule has 4 rings (SSSR count). The number of carbonyl (C=O) groups excluding carboxylic acids is 1. The number of carbonyl (C=O) groups is 1. The van der Waals surface area contributed by atoms with E-state index in [9.17, 15) is 4.79 Å². The average molecular weight is 399 g/mol. The van der Waals surface area contributed by atoms with Crippen LogP contribution < -0.4 is 4.90 Å². The number of aromatic nitrogens is 2. The van der Waals surface area contributed by atoms with Gasteiger partial charge in [0.05, 0.1) is 11.8 Å². The first-order valence-electron chi connectivity index (χ1n) is 9.55. The Kier molecular flexibility index (Phi) is 5.22. The molecular formula is C21H23ClN4O2. The summed E-state index contributed by atoms with van der Waals surface area (Å²) >= 11 is 6.19. The van der Waals surface area contributed by atoms with Crippen molar-refractivity contribution in [2.24, 2.45) is 5.92 Å². The second-order valence-electron chi connectivity index (χ2n) is 7.48. The van der Waals surface area contributed by atoms with E-state index in [0.717, 1.165) is 29.8 Å². The minimum atomic E-state index is 0.227. The van der Waals surface area contributed by atoms with E-state index in [1.54, 1.807) is 6.26 Å². The molecule has 3 heterocycles. The zero-order chi connectivity index (χ0) is 19.7. The van der Waals surface area contributed by atoms with Gasteiger partial charge in [0.25, 0.3) is 0 Å². The van der Waals surface area contributed by atoms with Gasteiger partial charge in [-0.15, -0.1) is 0 Å². The Morgan fingerprint density at radius 1 is 1.18 bits per heavy atom. The highest BCUT2D eigenvalue weighted by molar-refractivity contribution is 6.31. The maximum atomic E-state index is 12.4. The number of halogens is 1. The zero-order valence-corrected chi connectivity index (χ0v) is 16.8. The molecule has 6 nitrogen and oxygen atoms in total. The van der Waals surface area contributed by atoms with Gasteiger partial charge in [-0.2, -0.15) is 0 Å². The number of amides is 1. The number of rotatable bonds is 4. The lowest BCUT2D eigenvalue weighted by atomic mass is 10.1. The van der Waals surface area contributed by atoms with E-state index in [4.69, 9.17) is 21.0 Å². The third kappa shape index (κ3) is 3.83. The number of piperazine rings is 1. The molecule has 28 heavy (non-hydrogen) atoms. The van der Waals surface area contributed by atoms with Gasteiger partial charge in [-0.3, -0.25) is 4.79 Å². The van der Waals surface area contributed by atoms with Gasteiger partial charge in [0, 0.05) is 43.0 Å². The molecule has 0 spiro atoms. The second kappa shape index (κ2) is 7.80. The van der Waals surface area contributed by atoms with Crippen molar-refractivity contribution >= 4 is 34.2 Å². The summed E-state index contributed by atoms with van der Waals surface area (Å²) in [4.78, 5) is 25.9. The van der Waals surface area contributed by atoms with Gasteiger partial charge in [0.2, 0.25) is 5.91 Å². The summed E-state index contributed by atoms with van der Waals surface area (Å²) in [5.41, 5.74) is 0.780. The standard InChI is InChI=1S/C21H23ClN4O2/c1-14(2)12-19(27)25-7-9-26(10-8-25)21-16-6-5-15(22)13-17(16)23-20(24-21)18-4-3-11-28-18/h3-6,11,13-14H,7-10,12H2,1-2H3. The van der Waals surface area contributed by atoms with Crippen molar-refractivity contribution in [3.63, 3.8) is 0 Å². The Balaban J connectivity index is 1.64. The molecule has 3 aromatic rings. The van der Waals surface area contributed by atoms with Crippen LogP contribution in [-0.4, -0.2) is 47.0 Å². The van der Waals surface area contributed by atoms with Crippen LogP contribution in [0.15, 0.2) is 41.0 Å². The van der Waals surface area contributed by atoms with Crippen molar-refractivity contribution in [2.75, 3.05) is 31.1 Å². The quantitative estimate of drug-likeness (QED) is 0.657. The number of fused-ring (bicyclic) bond motifs is 1. The summed E-state index contributed by atoms with van der Waals surface area (Å²) < 4.78 is 5.50. The van der Waals surface area contributed by atoms with E-state index in [2.05, 4.69) is 23.7 Å². The summed E-state index contributed by atoms with van der Waals surface area (Å²) in [6.45, 7) is 7.00. The van der Waals surface area contributed by atoms with Crippen LogP contribution in [0.2, 0.25) is 5.02 Å². The Morgan fingerprint density at radius 2 is 1.96 bits per heavy atom. The van der Waals surface area contributed by atoms with E-state index in [1.807, 2.05) is 35.2 Å². The summed E-state index contributed by atoms with van der Waals surface area (Å²) in [7, 11) is 0. The number of anilines is 1. The third-order valence-electron chi connectivity index (χ3n) is 4.90. The number of benzene rings is 1. The van der Waals surface area contributed by atoms with Gasteiger partial charge in [-0.1, -0.05) is 25.4 Å². The first-order valence-corrected chi connectivity index (χ1v) is 9.93. The van der Waals surface area contributed by atoms with Gasteiger partial charge in [0.1, 0.15) is 5.82 Å². The fourth-order valence-corrected chi connectivity index (χ4v) is 3.66. The van der Waals surface area contributed by atoms with Crippen LogP contribution >= 0.6 is 11.6 Å². The largest absolute Gasteiger partial charge is 0.461 e. The SMILES string of the molecule is CC(C)CC(=O)N1CCN(c2nc(-c3ccco3)nc3cc(Cl)ccc23)CC1. The maximum absolute atomic E-state index is 12.4. The van der Waals surface area contributed by atoms with Crippen molar-refractivity contribution in [1.29, 1.82) is 0 Å². The third-order valence-corrected chi connectivity index (χ3v) is 5.13. The molecule has 1 fully saturated rings. The predicted molar refractivity (Wildman–Crippen MR) is 110 cm³/mol. The highest BCUT2D eigenvalue weighted by Gasteiger charge is 2.24. The minimum absolute atomic E-state index is 0.227. The average Bonchev–Trinajstić information content (AvgIpc) is 3.21. The molecule has 7 heteroatoms. The van der Waals surface area contributed by atoms with Crippen LogP contribution in [0.5, 0.6) is 0 Å². The molecule has 0 atom stereocenters. The number of hydrogen-bond donors (Lipinski definition) is 0. The summed E-state index contributed by atoms with van der Waals surface area (Å²) in [5.74, 6) is 2.60. The van der Waals surface area contributed by atoms with Crippen molar-refractivity contribution in [1.82, 2.24) is 14.9 Å². The van der Waals surface area contributed by atoms with Gasteiger partial charge in [-0.25, -0.2) is 9.97 Å². The normalized spacial score (nSPS) is 14.9. The molecule has 0 radical (unpaired) electrons. The first kappa shape index (κ1) is 18.7. The summed E-state index contributed by atoms with van der Waals surface area (Å²) in [6.07, 6.45) is 2.21. The highest BCUT2D eigenvalue weighted by atomic mass is 35.5. The van der Waals surface area contributed by atoms with E-state index in [0.29, 0.717) is 42.0 Å². The van der Waals surface area contributed by atoms with Crippen LogP contribution in [0, 0.1) is 5.92 Å². The predicted octanol–water partition coefficient (Wildman–Crippen LogP) is 4.24. The van der Waals surface area contributed by atoms with E-state index < -0.39 is 0 Å². The molecule has 0 aliphatic carbocycles. The fraction of sp³-hybridized carbons (Fsp3) is 0.381. The van der Waals surface area contributed by atoms with Crippen LogP contribution in [0.3, 0.4) is 0 Å². The van der Waals surface area contributed by atoms with Crippen LogP contribution in [-0.2, 0) is 4.79 Å². The lowest BCUT2D eigenvalue weighted by Crippen LogP contribution is -2.49. The molecule has 1 amide bonds. The van der Waals surface area contributed by atoms with Gasteiger partial charge in [-0.05, 0) is 36.2 Å². The smallest absolute Gasteiger partial charge is 0.222 e. The zero-order valence-electron chi connectivity index (χ0n) is 16.1. The molecular weight excluding hydrogens is 376 g/mol. The molecule has 1 aliphatic rings. The number of furan rings is 1. The van der Waals surface area contributed by atoms with E-state index in [1.165, 1.54) is 0 Å². The van der Waals surface area contributed by atoms with Crippen molar-refractivity contribution in [2.45, 2.75) is 20.3 Å². The van der Waals surface area contributed by atoms with Gasteiger partial charge < -0.3 is 14.2 Å². The Bertz CT molecular complexity index is 979. The maximum Gasteiger partial charge on any atom is 0.222 e. The van der Waals surface area contributed by atoms with Crippen LogP contribution in [0.25, 0.3) is 22.5 Å². The van der Waals surface area contributed by atoms with E-state index >= 15 is 0 Å². The van der Waals surface area contributed by atoms with Crippen molar-refractivity contribution in [3.8, 4) is 11.6 Å². The topological polar surface area (TPSA) is 62.5 Å². The van der Waals surface area contributed by atoms with Crippen LogP contribution in [0.4, 0.5) is 5.82 Å². The molecule has 0 bridgehead atoms. The fourth-order valence-electron chi connectivity index (χ4n) is 3.49. The number of nitrogens with zero attached hydrogens (tertiary/aromatic N) is 4. The lowest BCUT2D eigenvalue weighted by molar-refractivity contribution is -0.132. The minimum Gasteiger partial charge on any atom is -0.461 e. The van der Waals surface area contributed by atoms with Crippen LogP contribution in [0.1, 0.15) is 20.3 Å². The van der Waals surface area contributed by atoms with Gasteiger partial charge in [0.15, 0.2) is 11.6 Å². The summed E-state index contributed by atoms with van der Waals surface area (Å²) in [5, 5.41) is 1.58. The summed E-state index contributed by atoms with van der Waals surface area (Å²) in [6, 6.07) is 9.31. The van der Waals surface area contributed by atoms with Crippen molar-refractivity contribution in [3.05, 3.63) is 41.6 Å². The molecule has 2 aromatic heterocycles. The molecule has 1 aliphatic heterocycles. The molecule has 1 saturated heterocycles. The Morgan fingerprint density at radius 3 is 2.64 bits per heavy atom. The van der Waals surface area contributed by atoms with Crippen molar-refractivity contribution < 1.29 is 9.21 Å².